The van der Waals surface area contributed by atoms with Gasteiger partial charge in [-0.2, -0.15) is 0 Å². The highest BCUT2D eigenvalue weighted by atomic mass is 19.1. The van der Waals surface area contributed by atoms with Crippen molar-refractivity contribution in [2.75, 3.05) is 24.8 Å². The molecular formula is C15H15FN2O2. The monoisotopic (exact) mass is 274 g/mol. The van der Waals surface area contributed by atoms with Gasteiger partial charge in [0.2, 0.25) is 0 Å². The number of nitrogens with zero attached hydrogens (tertiary/aromatic N) is 1. The molecule has 2 N–H and O–H groups in total. The number of rotatable bonds is 3. The van der Waals surface area contributed by atoms with Crippen LogP contribution in [0.3, 0.4) is 0 Å². The number of amides is 1. The molecule has 0 saturated heterocycles. The van der Waals surface area contributed by atoms with Gasteiger partial charge in [0.05, 0.1) is 18.5 Å². The highest BCUT2D eigenvalue weighted by Crippen LogP contribution is 2.25. The minimum atomic E-state index is -0.453. The van der Waals surface area contributed by atoms with E-state index in [1.165, 1.54) is 31.2 Å². The van der Waals surface area contributed by atoms with E-state index in [1.807, 2.05) is 0 Å². The van der Waals surface area contributed by atoms with Gasteiger partial charge in [-0.3, -0.25) is 4.79 Å². The molecule has 2 rings (SSSR count). The first-order valence-electron chi connectivity index (χ1n) is 6.00. The third kappa shape index (κ3) is 2.56. The topological polar surface area (TPSA) is 55.6 Å². The summed E-state index contributed by atoms with van der Waals surface area (Å²) in [5.41, 5.74) is 6.74. The Bertz CT molecular complexity index is 644. The minimum Gasteiger partial charge on any atom is -0.495 e. The van der Waals surface area contributed by atoms with E-state index < -0.39 is 5.82 Å². The Balaban J connectivity index is 2.34. The average Bonchev–Trinajstić information content (AvgIpc) is 2.47. The summed E-state index contributed by atoms with van der Waals surface area (Å²) in [6.07, 6.45) is 0. The number of para-hydroxylation sites is 1. The van der Waals surface area contributed by atoms with E-state index in [0.29, 0.717) is 17.0 Å². The summed E-state index contributed by atoms with van der Waals surface area (Å²) in [4.78, 5) is 13.6. The number of benzene rings is 2. The van der Waals surface area contributed by atoms with Crippen LogP contribution in [-0.4, -0.2) is 20.1 Å². The molecule has 0 radical (unpaired) electrons. The van der Waals surface area contributed by atoms with Gasteiger partial charge >= 0.3 is 0 Å². The van der Waals surface area contributed by atoms with Crippen LogP contribution in [0.4, 0.5) is 15.8 Å². The minimum absolute atomic E-state index is 0.216. The standard InChI is InChI=1S/C15H15FN2O2/c1-18(13-6-4-3-5-11(13)16)15(19)10-7-8-12(17)14(9-10)20-2/h3-9H,17H2,1-2H3. The largest absolute Gasteiger partial charge is 0.495 e. The normalized spacial score (nSPS) is 10.2. The molecule has 0 spiro atoms. The summed E-state index contributed by atoms with van der Waals surface area (Å²) in [5.74, 6) is -0.378. The van der Waals surface area contributed by atoms with Crippen LogP contribution in [0.1, 0.15) is 10.4 Å². The van der Waals surface area contributed by atoms with Crippen molar-refractivity contribution in [3.8, 4) is 5.75 Å². The maximum Gasteiger partial charge on any atom is 0.258 e. The van der Waals surface area contributed by atoms with Gasteiger partial charge in [-0.15, -0.1) is 0 Å². The van der Waals surface area contributed by atoms with Gasteiger partial charge in [-0.25, -0.2) is 4.39 Å². The number of methoxy groups -OCH3 is 1. The van der Waals surface area contributed by atoms with Crippen molar-refractivity contribution < 1.29 is 13.9 Å². The molecule has 0 unspecified atom stereocenters. The molecule has 4 nitrogen and oxygen atoms in total. The SMILES string of the molecule is COc1cc(C(=O)N(C)c2ccccc2F)ccc1N. The number of anilines is 2. The highest BCUT2D eigenvalue weighted by molar-refractivity contribution is 6.06. The number of hydrogen-bond donors (Lipinski definition) is 1. The van der Waals surface area contributed by atoms with Crippen LogP contribution in [0.25, 0.3) is 0 Å². The Morgan fingerprint density at radius 1 is 1.25 bits per heavy atom. The number of hydrogen-bond acceptors (Lipinski definition) is 3. The van der Waals surface area contributed by atoms with Crippen molar-refractivity contribution in [3.05, 3.63) is 53.8 Å². The van der Waals surface area contributed by atoms with E-state index in [-0.39, 0.29) is 11.6 Å². The molecular weight excluding hydrogens is 259 g/mol. The van der Waals surface area contributed by atoms with Crippen LogP contribution in [0.15, 0.2) is 42.5 Å². The quantitative estimate of drug-likeness (QED) is 0.875. The number of ether oxygens (including phenoxy) is 1. The highest BCUT2D eigenvalue weighted by Gasteiger charge is 2.17. The Hall–Kier alpha value is -2.56. The molecule has 0 aliphatic rings. The van der Waals surface area contributed by atoms with Crippen LogP contribution in [0.2, 0.25) is 0 Å². The Morgan fingerprint density at radius 2 is 1.95 bits per heavy atom. The first kappa shape index (κ1) is 13.9. The van der Waals surface area contributed by atoms with E-state index in [9.17, 15) is 9.18 Å². The van der Waals surface area contributed by atoms with Crippen molar-refractivity contribution in [1.82, 2.24) is 0 Å². The average molecular weight is 274 g/mol. The molecule has 0 saturated carbocycles. The third-order valence-electron chi connectivity index (χ3n) is 3.00. The second kappa shape index (κ2) is 5.61. The maximum absolute atomic E-state index is 13.7. The van der Waals surface area contributed by atoms with E-state index in [4.69, 9.17) is 10.5 Å². The maximum atomic E-state index is 13.7. The van der Waals surface area contributed by atoms with E-state index in [0.717, 1.165) is 0 Å². The zero-order valence-corrected chi connectivity index (χ0v) is 11.3. The first-order valence-corrected chi connectivity index (χ1v) is 6.00. The second-order valence-electron chi connectivity index (χ2n) is 4.27. The fourth-order valence-corrected chi connectivity index (χ4v) is 1.87. The van der Waals surface area contributed by atoms with Gasteiger partial charge in [0.25, 0.3) is 5.91 Å². The van der Waals surface area contributed by atoms with Crippen molar-refractivity contribution in [2.45, 2.75) is 0 Å². The Labute approximate surface area is 116 Å². The molecule has 1 amide bonds. The van der Waals surface area contributed by atoms with Crippen LogP contribution in [-0.2, 0) is 0 Å². The van der Waals surface area contributed by atoms with E-state index >= 15 is 0 Å². The van der Waals surface area contributed by atoms with Gasteiger partial charge in [0.15, 0.2) is 0 Å². The van der Waals surface area contributed by atoms with Crippen LogP contribution < -0.4 is 15.4 Å². The fraction of sp³-hybridized carbons (Fsp3) is 0.133. The molecule has 104 valence electrons. The van der Waals surface area contributed by atoms with E-state index in [2.05, 4.69) is 0 Å². The Morgan fingerprint density at radius 3 is 2.60 bits per heavy atom. The number of nitrogens with two attached hydrogens (primary N) is 1. The lowest BCUT2D eigenvalue weighted by Gasteiger charge is -2.18. The summed E-state index contributed by atoms with van der Waals surface area (Å²) < 4.78 is 18.8. The lowest BCUT2D eigenvalue weighted by Crippen LogP contribution is -2.27. The molecule has 0 fully saturated rings. The zero-order valence-electron chi connectivity index (χ0n) is 11.3. The van der Waals surface area contributed by atoms with Crippen molar-refractivity contribution in [1.29, 1.82) is 0 Å². The summed E-state index contributed by atoms with van der Waals surface area (Å²) in [5, 5.41) is 0. The summed E-state index contributed by atoms with van der Waals surface area (Å²) in [6, 6.07) is 10.8. The molecule has 5 heteroatoms. The third-order valence-corrected chi connectivity index (χ3v) is 3.00. The van der Waals surface area contributed by atoms with Crippen LogP contribution in [0.5, 0.6) is 5.75 Å². The lowest BCUT2D eigenvalue weighted by atomic mass is 10.1. The lowest BCUT2D eigenvalue weighted by molar-refractivity contribution is 0.0992. The van der Waals surface area contributed by atoms with Crippen molar-refractivity contribution in [2.24, 2.45) is 0 Å². The van der Waals surface area contributed by atoms with Crippen LogP contribution >= 0.6 is 0 Å². The number of halogens is 1. The van der Waals surface area contributed by atoms with E-state index in [1.54, 1.807) is 30.3 Å². The van der Waals surface area contributed by atoms with Gasteiger partial charge in [-0.05, 0) is 30.3 Å². The van der Waals surface area contributed by atoms with Crippen molar-refractivity contribution >= 4 is 17.3 Å². The predicted octanol–water partition coefficient (Wildman–Crippen LogP) is 2.69. The Kier molecular flexibility index (Phi) is 3.89. The summed E-state index contributed by atoms with van der Waals surface area (Å²) in [7, 11) is 2.99. The number of nitrogen functional groups attached to an aromatic ring is 1. The van der Waals surface area contributed by atoms with Gasteiger partial charge in [-0.1, -0.05) is 12.1 Å². The molecule has 0 atom stereocenters. The molecule has 0 heterocycles. The molecule has 20 heavy (non-hydrogen) atoms. The number of carbonyl (C=O) groups excluding carboxylic acids is 1. The molecule has 0 aliphatic heterocycles. The number of carbonyl (C=O) groups is 1. The predicted molar refractivity (Wildman–Crippen MR) is 76.5 cm³/mol. The smallest absolute Gasteiger partial charge is 0.258 e. The summed E-state index contributed by atoms with van der Waals surface area (Å²) in [6.45, 7) is 0. The van der Waals surface area contributed by atoms with Gasteiger partial charge in [0, 0.05) is 12.6 Å². The van der Waals surface area contributed by atoms with Crippen molar-refractivity contribution in [3.63, 3.8) is 0 Å². The fourth-order valence-electron chi connectivity index (χ4n) is 1.87. The second-order valence-corrected chi connectivity index (χ2v) is 4.27. The molecule has 0 aromatic heterocycles. The molecule has 2 aromatic rings. The summed E-state index contributed by atoms with van der Waals surface area (Å²) >= 11 is 0. The molecule has 0 aliphatic carbocycles. The van der Waals surface area contributed by atoms with Gasteiger partial charge < -0.3 is 15.4 Å². The first-order chi connectivity index (χ1) is 9.54. The van der Waals surface area contributed by atoms with Crippen LogP contribution in [0, 0.1) is 5.82 Å². The molecule has 2 aromatic carbocycles. The molecule has 0 bridgehead atoms. The zero-order chi connectivity index (χ0) is 14.7. The van der Waals surface area contributed by atoms with Gasteiger partial charge in [0.1, 0.15) is 11.6 Å².